The summed E-state index contributed by atoms with van der Waals surface area (Å²) in [5.41, 5.74) is -0.427. The highest BCUT2D eigenvalue weighted by Gasteiger charge is 2.33. The summed E-state index contributed by atoms with van der Waals surface area (Å²) in [6.07, 6.45) is 0.113. The molecule has 1 amide bonds. The zero-order chi connectivity index (χ0) is 14.5. The Morgan fingerprint density at radius 2 is 2.00 bits per heavy atom. The maximum absolute atomic E-state index is 10.9. The Balaban J connectivity index is 3.04. The van der Waals surface area contributed by atoms with Crippen molar-refractivity contribution < 1.29 is 19.7 Å². The van der Waals surface area contributed by atoms with Gasteiger partial charge >= 0.3 is 6.09 Å². The van der Waals surface area contributed by atoms with Crippen LogP contribution in [0.4, 0.5) is 4.79 Å². The molecule has 5 nitrogen and oxygen atoms in total. The number of carboxylic acid groups (broad SMARTS) is 1. The van der Waals surface area contributed by atoms with Gasteiger partial charge in [0, 0.05) is 0 Å². The lowest BCUT2D eigenvalue weighted by Crippen LogP contribution is -2.43. The molecule has 3 N–H and O–H groups in total. The van der Waals surface area contributed by atoms with Gasteiger partial charge in [0.05, 0.1) is 18.8 Å². The van der Waals surface area contributed by atoms with E-state index in [1.54, 1.807) is 38.3 Å². The number of aliphatic hydroxyl groups is 1. The second-order valence-corrected chi connectivity index (χ2v) is 4.76. The van der Waals surface area contributed by atoms with E-state index in [0.717, 1.165) is 6.42 Å². The Kier molecular flexibility index (Phi) is 5.18. The van der Waals surface area contributed by atoms with Gasteiger partial charge in [-0.25, -0.2) is 4.79 Å². The van der Waals surface area contributed by atoms with Crippen molar-refractivity contribution in [3.05, 3.63) is 29.8 Å². The first-order valence-corrected chi connectivity index (χ1v) is 6.26. The summed E-state index contributed by atoms with van der Waals surface area (Å²) < 4.78 is 5.06. The predicted molar refractivity (Wildman–Crippen MR) is 72.4 cm³/mol. The molecule has 0 aromatic heterocycles. The largest absolute Gasteiger partial charge is 0.497 e. The fourth-order valence-electron chi connectivity index (χ4n) is 2.17. The van der Waals surface area contributed by atoms with Crippen molar-refractivity contribution in [1.82, 2.24) is 5.32 Å². The monoisotopic (exact) mass is 267 g/mol. The molecule has 0 aliphatic heterocycles. The molecule has 1 unspecified atom stereocenters. The molecular weight excluding hydrogens is 246 g/mol. The summed E-state index contributed by atoms with van der Waals surface area (Å²) in [5.74, 6) is 0.688. The van der Waals surface area contributed by atoms with Crippen LogP contribution >= 0.6 is 0 Å². The third-order valence-corrected chi connectivity index (χ3v) is 3.09. The highest BCUT2D eigenvalue weighted by Crippen LogP contribution is 2.30. The number of hydrogen-bond donors (Lipinski definition) is 3. The third kappa shape index (κ3) is 4.13. The number of rotatable bonds is 6. The molecule has 19 heavy (non-hydrogen) atoms. The number of nitrogens with one attached hydrogen (secondary N) is 1. The summed E-state index contributed by atoms with van der Waals surface area (Å²) in [5, 5.41) is 21.8. The van der Waals surface area contributed by atoms with Crippen LogP contribution in [-0.2, 0) is 0 Å². The summed E-state index contributed by atoms with van der Waals surface area (Å²) >= 11 is 0. The van der Waals surface area contributed by atoms with Crippen LogP contribution < -0.4 is 10.1 Å². The van der Waals surface area contributed by atoms with E-state index in [-0.39, 0.29) is 0 Å². The van der Waals surface area contributed by atoms with Crippen molar-refractivity contribution in [2.45, 2.75) is 38.3 Å². The van der Waals surface area contributed by atoms with Crippen LogP contribution in [0.3, 0.4) is 0 Å². The van der Waals surface area contributed by atoms with Gasteiger partial charge in [-0.05, 0) is 31.0 Å². The van der Waals surface area contributed by atoms with E-state index in [1.807, 2.05) is 6.92 Å². The predicted octanol–water partition coefficient (Wildman–Crippen LogP) is 2.56. The maximum Gasteiger partial charge on any atom is 0.405 e. The van der Waals surface area contributed by atoms with E-state index in [1.165, 1.54) is 0 Å². The van der Waals surface area contributed by atoms with Gasteiger partial charge in [0.1, 0.15) is 5.75 Å². The fourth-order valence-corrected chi connectivity index (χ4v) is 2.17. The van der Waals surface area contributed by atoms with Gasteiger partial charge in [-0.3, -0.25) is 0 Å². The molecule has 0 aliphatic carbocycles. The van der Waals surface area contributed by atoms with E-state index in [2.05, 4.69) is 5.32 Å². The summed E-state index contributed by atoms with van der Waals surface area (Å²) in [6.45, 7) is 3.58. The summed E-state index contributed by atoms with van der Waals surface area (Å²) in [6, 6.07) is 6.32. The number of hydrogen-bond acceptors (Lipinski definition) is 3. The smallest absolute Gasteiger partial charge is 0.405 e. The van der Waals surface area contributed by atoms with Gasteiger partial charge in [-0.2, -0.15) is 0 Å². The van der Waals surface area contributed by atoms with Gasteiger partial charge in [0.25, 0.3) is 0 Å². The molecule has 0 saturated heterocycles. The highest BCUT2D eigenvalue weighted by molar-refractivity contribution is 5.65. The van der Waals surface area contributed by atoms with Crippen LogP contribution in [0.25, 0.3) is 0 Å². The molecular formula is C14H21NO4. The summed E-state index contributed by atoms with van der Waals surface area (Å²) in [7, 11) is 1.56. The minimum atomic E-state index is -1.16. The van der Waals surface area contributed by atoms with E-state index in [0.29, 0.717) is 17.7 Å². The normalized spacial score (nSPS) is 15.4. The molecule has 1 aromatic carbocycles. The Bertz CT molecular complexity index is 414. The number of carbonyl (C=O) groups is 1. The van der Waals surface area contributed by atoms with Crippen LogP contribution in [0.1, 0.15) is 38.3 Å². The molecule has 1 aromatic rings. The number of amides is 1. The van der Waals surface area contributed by atoms with Crippen molar-refractivity contribution in [3.8, 4) is 5.75 Å². The lowest BCUT2D eigenvalue weighted by atomic mass is 9.86. The number of ether oxygens (including phenoxy) is 1. The van der Waals surface area contributed by atoms with E-state index >= 15 is 0 Å². The molecule has 0 spiro atoms. The molecule has 1 rings (SSSR count). The molecule has 0 bridgehead atoms. The average molecular weight is 267 g/mol. The Labute approximate surface area is 113 Å². The average Bonchev–Trinajstić information content (AvgIpc) is 2.36. The van der Waals surface area contributed by atoms with E-state index < -0.39 is 17.7 Å². The molecule has 0 aliphatic rings. The number of benzene rings is 1. The molecule has 0 saturated carbocycles. The second-order valence-electron chi connectivity index (χ2n) is 4.76. The first-order chi connectivity index (χ1) is 8.90. The summed E-state index contributed by atoms with van der Waals surface area (Å²) in [4.78, 5) is 10.9. The minimum absolute atomic E-state index is 0.504. The second kappa shape index (κ2) is 6.43. The van der Waals surface area contributed by atoms with Crippen LogP contribution in [0.15, 0.2) is 24.3 Å². The van der Waals surface area contributed by atoms with Crippen LogP contribution in [-0.4, -0.2) is 29.0 Å². The van der Waals surface area contributed by atoms with Crippen molar-refractivity contribution in [2.75, 3.05) is 7.11 Å². The quantitative estimate of drug-likeness (QED) is 0.740. The molecule has 0 fully saturated rings. The standard InChI is InChI=1S/C14H21NO4/c1-4-9-14(2,18)12(15-13(16)17)10-5-7-11(19-3)8-6-10/h5-8,12,15,18H,4,9H2,1-3H3,(H,16,17)/t12-,14?/m0/s1. The highest BCUT2D eigenvalue weighted by atomic mass is 16.5. The van der Waals surface area contributed by atoms with Crippen molar-refractivity contribution in [1.29, 1.82) is 0 Å². The van der Waals surface area contributed by atoms with Crippen molar-refractivity contribution in [2.24, 2.45) is 0 Å². The van der Waals surface area contributed by atoms with Gasteiger partial charge in [-0.1, -0.05) is 25.5 Å². The molecule has 0 heterocycles. The zero-order valence-electron chi connectivity index (χ0n) is 11.5. The first kappa shape index (κ1) is 15.3. The lowest BCUT2D eigenvalue weighted by molar-refractivity contribution is 0.0105. The Morgan fingerprint density at radius 3 is 2.42 bits per heavy atom. The number of methoxy groups -OCH3 is 1. The third-order valence-electron chi connectivity index (χ3n) is 3.09. The van der Waals surface area contributed by atoms with Crippen LogP contribution in [0.2, 0.25) is 0 Å². The van der Waals surface area contributed by atoms with Gasteiger partial charge in [0.2, 0.25) is 0 Å². The van der Waals surface area contributed by atoms with E-state index in [9.17, 15) is 9.90 Å². The maximum atomic E-state index is 10.9. The molecule has 2 atom stereocenters. The Hall–Kier alpha value is -1.75. The SMILES string of the molecule is CCCC(C)(O)[C@@H](NC(=O)O)c1ccc(OC)cc1. The topological polar surface area (TPSA) is 78.8 Å². The molecule has 0 radical (unpaired) electrons. The molecule has 106 valence electrons. The van der Waals surface area contributed by atoms with Gasteiger partial charge in [-0.15, -0.1) is 0 Å². The minimum Gasteiger partial charge on any atom is -0.497 e. The first-order valence-electron chi connectivity index (χ1n) is 6.26. The van der Waals surface area contributed by atoms with Crippen LogP contribution in [0.5, 0.6) is 5.75 Å². The van der Waals surface area contributed by atoms with Gasteiger partial charge < -0.3 is 20.3 Å². The Morgan fingerprint density at radius 1 is 1.42 bits per heavy atom. The fraction of sp³-hybridized carbons (Fsp3) is 0.500. The van der Waals surface area contributed by atoms with Crippen LogP contribution in [0, 0.1) is 0 Å². The zero-order valence-corrected chi connectivity index (χ0v) is 11.5. The van der Waals surface area contributed by atoms with Crippen molar-refractivity contribution >= 4 is 6.09 Å². The van der Waals surface area contributed by atoms with Crippen molar-refractivity contribution in [3.63, 3.8) is 0 Å². The lowest BCUT2D eigenvalue weighted by Gasteiger charge is -2.33. The van der Waals surface area contributed by atoms with Gasteiger partial charge in [0.15, 0.2) is 0 Å². The van der Waals surface area contributed by atoms with E-state index in [4.69, 9.17) is 9.84 Å². The molecule has 5 heteroatoms.